The van der Waals surface area contributed by atoms with Crippen LogP contribution in [0.3, 0.4) is 0 Å². The Morgan fingerprint density at radius 3 is 1.77 bits per heavy atom. The van der Waals surface area contributed by atoms with E-state index in [1.807, 2.05) is 27.7 Å². The molecule has 0 radical (unpaired) electrons. The van der Waals surface area contributed by atoms with Crippen molar-refractivity contribution in [3.63, 3.8) is 0 Å². The molecule has 150 valence electrons. The number of halogens is 3. The van der Waals surface area contributed by atoms with E-state index in [1.54, 1.807) is 12.1 Å². The lowest BCUT2D eigenvalue weighted by molar-refractivity contribution is -0.400. The monoisotopic (exact) mass is 376 g/mol. The van der Waals surface area contributed by atoms with Crippen LogP contribution in [-0.2, 0) is 26.8 Å². The fourth-order valence-corrected chi connectivity index (χ4v) is 2.97. The highest BCUT2D eigenvalue weighted by molar-refractivity contribution is 5.24. The van der Waals surface area contributed by atoms with Gasteiger partial charge in [0.1, 0.15) is 0 Å². The summed E-state index contributed by atoms with van der Waals surface area (Å²) in [5.41, 5.74) is 0.307. The second-order valence-electron chi connectivity index (χ2n) is 6.24. The molecule has 0 amide bonds. The molecule has 0 spiro atoms. The molecule has 0 saturated carbocycles. The lowest BCUT2D eigenvalue weighted by Crippen LogP contribution is -2.45. The van der Waals surface area contributed by atoms with Gasteiger partial charge in [0.05, 0.1) is 5.56 Å². The van der Waals surface area contributed by atoms with E-state index in [2.05, 4.69) is 0 Å². The topological polar surface area (TPSA) is 27.7 Å². The Morgan fingerprint density at radius 2 is 1.35 bits per heavy atom. The lowest BCUT2D eigenvalue weighted by atomic mass is 9.98. The maximum absolute atomic E-state index is 12.6. The highest BCUT2D eigenvalue weighted by atomic mass is 19.4. The number of alkyl halides is 3. The molecule has 0 saturated heterocycles. The molecule has 0 aromatic heterocycles. The minimum absolute atomic E-state index is 0.0509. The normalized spacial score (nSPS) is 13.8. The van der Waals surface area contributed by atoms with E-state index in [0.717, 1.165) is 43.4 Å². The Labute approximate surface area is 154 Å². The summed E-state index contributed by atoms with van der Waals surface area (Å²) in [7, 11) is 0. The zero-order valence-corrected chi connectivity index (χ0v) is 16.2. The number of aryl methyl sites for hydroxylation is 1. The molecule has 0 aliphatic rings. The van der Waals surface area contributed by atoms with Crippen molar-refractivity contribution in [2.75, 3.05) is 19.8 Å². The Hall–Kier alpha value is -1.11. The van der Waals surface area contributed by atoms with E-state index in [1.165, 1.54) is 0 Å². The molecule has 0 fully saturated rings. The third-order valence-corrected chi connectivity index (χ3v) is 4.27. The zero-order valence-electron chi connectivity index (χ0n) is 16.2. The van der Waals surface area contributed by atoms with Gasteiger partial charge >= 0.3 is 6.18 Å². The second-order valence-corrected chi connectivity index (χ2v) is 6.24. The van der Waals surface area contributed by atoms with Gasteiger partial charge in [0.15, 0.2) is 0 Å². The molecule has 1 aromatic rings. The van der Waals surface area contributed by atoms with Crippen LogP contribution in [0.5, 0.6) is 0 Å². The van der Waals surface area contributed by atoms with Crippen molar-refractivity contribution in [2.24, 2.45) is 5.92 Å². The number of benzene rings is 1. The van der Waals surface area contributed by atoms with Crippen molar-refractivity contribution < 1.29 is 27.4 Å². The Kier molecular flexibility index (Phi) is 9.61. The Balaban J connectivity index is 2.52. The smallest absolute Gasteiger partial charge is 0.328 e. The van der Waals surface area contributed by atoms with Crippen molar-refractivity contribution in [1.82, 2.24) is 0 Å². The maximum atomic E-state index is 12.6. The SMILES string of the molecule is CCOC(OCC)(OCC)C(C)CCCCc1ccc(C(F)(F)F)cc1. The molecule has 1 atom stereocenters. The molecule has 1 rings (SSSR count). The molecule has 0 aliphatic heterocycles. The summed E-state index contributed by atoms with van der Waals surface area (Å²) in [5, 5.41) is 0. The third-order valence-electron chi connectivity index (χ3n) is 4.27. The fraction of sp³-hybridized carbons (Fsp3) is 0.700. The van der Waals surface area contributed by atoms with Crippen LogP contribution >= 0.6 is 0 Å². The van der Waals surface area contributed by atoms with Gasteiger partial charge < -0.3 is 14.2 Å². The third kappa shape index (κ3) is 6.89. The van der Waals surface area contributed by atoms with Crippen molar-refractivity contribution in [3.8, 4) is 0 Å². The standard InChI is InChI=1S/C20H31F3O3/c1-5-24-20(25-6-2,26-7-3)16(4)10-8-9-11-17-12-14-18(15-13-17)19(21,22)23/h12-16H,5-11H2,1-4H3. The second kappa shape index (κ2) is 10.9. The summed E-state index contributed by atoms with van der Waals surface area (Å²) in [5.74, 6) is -0.970. The predicted molar refractivity (Wildman–Crippen MR) is 95.8 cm³/mol. The van der Waals surface area contributed by atoms with Gasteiger partial charge in [-0.25, -0.2) is 0 Å². The van der Waals surface area contributed by atoms with Crippen LogP contribution in [0.1, 0.15) is 58.1 Å². The van der Waals surface area contributed by atoms with Crippen LogP contribution in [0.15, 0.2) is 24.3 Å². The molecule has 0 N–H and O–H groups in total. The van der Waals surface area contributed by atoms with Gasteiger partial charge in [0, 0.05) is 25.7 Å². The van der Waals surface area contributed by atoms with Crippen LogP contribution < -0.4 is 0 Å². The van der Waals surface area contributed by atoms with Crippen LogP contribution in [0, 0.1) is 5.92 Å². The average Bonchev–Trinajstić information content (AvgIpc) is 2.58. The van der Waals surface area contributed by atoms with Crippen LogP contribution in [0.25, 0.3) is 0 Å². The Morgan fingerprint density at radius 1 is 0.846 bits per heavy atom. The molecule has 1 aromatic carbocycles. The van der Waals surface area contributed by atoms with E-state index in [0.29, 0.717) is 19.8 Å². The average molecular weight is 376 g/mol. The Bertz CT molecular complexity index is 483. The van der Waals surface area contributed by atoms with Gasteiger partial charge in [-0.05, 0) is 57.7 Å². The summed E-state index contributed by atoms with van der Waals surface area (Å²) in [6.45, 7) is 9.25. The van der Waals surface area contributed by atoms with E-state index < -0.39 is 17.7 Å². The fourth-order valence-electron chi connectivity index (χ4n) is 2.97. The number of rotatable bonds is 12. The van der Waals surface area contributed by atoms with Gasteiger partial charge in [-0.3, -0.25) is 0 Å². The highest BCUT2D eigenvalue weighted by Crippen LogP contribution is 2.31. The maximum Gasteiger partial charge on any atom is 0.416 e. The minimum atomic E-state index is -4.28. The molecule has 0 bridgehead atoms. The summed E-state index contributed by atoms with van der Waals surface area (Å²) < 4.78 is 55.1. The summed E-state index contributed by atoms with van der Waals surface area (Å²) in [6, 6.07) is 5.39. The summed E-state index contributed by atoms with van der Waals surface area (Å²) in [6.07, 6.45) is -0.890. The number of ether oxygens (including phenoxy) is 3. The largest absolute Gasteiger partial charge is 0.416 e. The molecule has 3 nitrogen and oxygen atoms in total. The van der Waals surface area contributed by atoms with Crippen molar-refractivity contribution in [2.45, 2.75) is 65.5 Å². The first-order valence-corrected chi connectivity index (χ1v) is 9.37. The number of unbranched alkanes of at least 4 members (excludes halogenated alkanes) is 1. The van der Waals surface area contributed by atoms with E-state index in [-0.39, 0.29) is 5.92 Å². The van der Waals surface area contributed by atoms with E-state index in [9.17, 15) is 13.2 Å². The van der Waals surface area contributed by atoms with Crippen LogP contribution in [0.2, 0.25) is 0 Å². The first kappa shape index (κ1) is 22.9. The van der Waals surface area contributed by atoms with Crippen molar-refractivity contribution in [1.29, 1.82) is 0 Å². The first-order valence-electron chi connectivity index (χ1n) is 9.37. The van der Waals surface area contributed by atoms with Gasteiger partial charge in [0.2, 0.25) is 0 Å². The van der Waals surface area contributed by atoms with Crippen LogP contribution in [0.4, 0.5) is 13.2 Å². The van der Waals surface area contributed by atoms with Crippen molar-refractivity contribution in [3.05, 3.63) is 35.4 Å². The molecule has 0 heterocycles. The molecule has 1 unspecified atom stereocenters. The molecule has 0 aliphatic carbocycles. The summed E-state index contributed by atoms with van der Waals surface area (Å²) in [4.78, 5) is 0. The highest BCUT2D eigenvalue weighted by Gasteiger charge is 2.38. The van der Waals surface area contributed by atoms with Gasteiger partial charge in [-0.15, -0.1) is 0 Å². The molecular weight excluding hydrogens is 345 g/mol. The summed E-state index contributed by atoms with van der Waals surface area (Å²) >= 11 is 0. The molecular formula is C20H31F3O3. The molecule has 26 heavy (non-hydrogen) atoms. The lowest BCUT2D eigenvalue weighted by Gasteiger charge is -2.37. The first-order chi connectivity index (χ1) is 12.3. The number of hydrogen-bond donors (Lipinski definition) is 0. The number of hydrogen-bond acceptors (Lipinski definition) is 3. The minimum Gasteiger partial charge on any atom is -0.328 e. The van der Waals surface area contributed by atoms with E-state index >= 15 is 0 Å². The zero-order chi connectivity index (χ0) is 19.6. The van der Waals surface area contributed by atoms with E-state index in [4.69, 9.17) is 14.2 Å². The quantitative estimate of drug-likeness (QED) is 0.340. The van der Waals surface area contributed by atoms with Gasteiger partial charge in [0.25, 0.3) is 5.97 Å². The van der Waals surface area contributed by atoms with Gasteiger partial charge in [-0.1, -0.05) is 25.5 Å². The van der Waals surface area contributed by atoms with Crippen molar-refractivity contribution >= 4 is 0 Å². The van der Waals surface area contributed by atoms with Gasteiger partial charge in [-0.2, -0.15) is 13.2 Å². The van der Waals surface area contributed by atoms with Crippen LogP contribution in [-0.4, -0.2) is 25.8 Å². The predicted octanol–water partition coefficient (Wildman–Crippen LogP) is 5.82. The molecule has 6 heteroatoms.